The molecule has 21 heavy (non-hydrogen) atoms. The maximum atomic E-state index is 12.1. The zero-order chi connectivity index (χ0) is 15.9. The summed E-state index contributed by atoms with van der Waals surface area (Å²) in [5, 5.41) is 11.3. The summed E-state index contributed by atoms with van der Waals surface area (Å²) in [5.74, 6) is -1.98. The normalized spacial score (nSPS) is 30.8. The van der Waals surface area contributed by atoms with Gasteiger partial charge in [-0.2, -0.15) is 0 Å². The quantitative estimate of drug-likeness (QED) is 0.469. The number of carbonyl (C=O) groups excluding carboxylic acids is 1. The van der Waals surface area contributed by atoms with E-state index in [4.69, 9.17) is 4.74 Å². The van der Waals surface area contributed by atoms with Crippen LogP contribution in [-0.2, 0) is 14.6 Å². The molecule has 1 aromatic carbocycles. The number of benzene rings is 1. The standard InChI is InChI=1S/C13H15NO6S/c1-12(14(16)17)8-21(18,19)9-13(12,2)20-11(15)10-6-4-3-5-7-10/h3-7H,8-9H2,1-2H3/t12-,13-/m1/s1. The summed E-state index contributed by atoms with van der Waals surface area (Å²) >= 11 is 0. The van der Waals surface area contributed by atoms with E-state index in [1.165, 1.54) is 26.0 Å². The summed E-state index contributed by atoms with van der Waals surface area (Å²) in [4.78, 5) is 22.7. The number of nitro groups is 1. The van der Waals surface area contributed by atoms with Gasteiger partial charge in [-0.15, -0.1) is 0 Å². The summed E-state index contributed by atoms with van der Waals surface area (Å²) in [5.41, 5.74) is -3.35. The van der Waals surface area contributed by atoms with Crippen molar-refractivity contribution in [2.75, 3.05) is 11.5 Å². The van der Waals surface area contributed by atoms with Gasteiger partial charge in [-0.1, -0.05) is 18.2 Å². The largest absolute Gasteiger partial charge is 0.447 e. The second kappa shape index (κ2) is 4.80. The predicted octanol–water partition coefficient (Wildman–Crippen LogP) is 1.07. The number of rotatable bonds is 3. The highest BCUT2D eigenvalue weighted by Crippen LogP contribution is 2.39. The summed E-state index contributed by atoms with van der Waals surface area (Å²) in [6.07, 6.45) is 0. The minimum absolute atomic E-state index is 0.216. The molecular weight excluding hydrogens is 298 g/mol. The van der Waals surface area contributed by atoms with Crippen molar-refractivity contribution in [1.29, 1.82) is 0 Å². The Labute approximate surface area is 122 Å². The van der Waals surface area contributed by atoms with Crippen molar-refractivity contribution in [1.82, 2.24) is 0 Å². The monoisotopic (exact) mass is 313 g/mol. The number of hydrogen-bond donors (Lipinski definition) is 0. The third kappa shape index (κ3) is 2.63. The fourth-order valence-electron chi connectivity index (χ4n) is 2.43. The molecule has 0 N–H and O–H groups in total. The number of nitrogens with zero attached hydrogens (tertiary/aromatic N) is 1. The van der Waals surface area contributed by atoms with Gasteiger partial charge in [-0.3, -0.25) is 10.1 Å². The molecule has 0 bridgehead atoms. The lowest BCUT2D eigenvalue weighted by molar-refractivity contribution is -0.578. The maximum Gasteiger partial charge on any atom is 0.338 e. The Morgan fingerprint density at radius 3 is 2.33 bits per heavy atom. The Balaban J connectivity index is 2.36. The molecule has 2 rings (SSSR count). The van der Waals surface area contributed by atoms with Crippen LogP contribution < -0.4 is 0 Å². The third-order valence-corrected chi connectivity index (χ3v) is 5.86. The maximum absolute atomic E-state index is 12.1. The summed E-state index contributed by atoms with van der Waals surface area (Å²) in [6.45, 7) is 2.48. The number of hydrogen-bond acceptors (Lipinski definition) is 6. The molecule has 1 aromatic rings. The first-order chi connectivity index (χ1) is 9.60. The first-order valence-corrected chi connectivity index (χ1v) is 8.05. The summed E-state index contributed by atoms with van der Waals surface area (Å²) in [7, 11) is -3.65. The molecule has 0 saturated carbocycles. The molecule has 0 unspecified atom stereocenters. The second-order valence-corrected chi connectivity index (χ2v) is 7.61. The van der Waals surface area contributed by atoms with Crippen LogP contribution in [0.15, 0.2) is 30.3 Å². The lowest BCUT2D eigenvalue weighted by Crippen LogP contribution is -2.56. The van der Waals surface area contributed by atoms with Crippen molar-refractivity contribution in [3.05, 3.63) is 46.0 Å². The van der Waals surface area contributed by atoms with Crippen LogP contribution in [0.4, 0.5) is 0 Å². The Hall–Kier alpha value is -1.96. The lowest BCUT2D eigenvalue weighted by atomic mass is 9.86. The van der Waals surface area contributed by atoms with E-state index < -0.39 is 43.4 Å². The third-order valence-electron chi connectivity index (χ3n) is 3.87. The van der Waals surface area contributed by atoms with E-state index in [9.17, 15) is 23.3 Å². The van der Waals surface area contributed by atoms with Gasteiger partial charge in [0, 0.05) is 11.8 Å². The number of esters is 1. The van der Waals surface area contributed by atoms with Crippen LogP contribution in [-0.4, -0.2) is 42.0 Å². The highest BCUT2D eigenvalue weighted by Gasteiger charge is 2.67. The van der Waals surface area contributed by atoms with Crippen molar-refractivity contribution in [2.24, 2.45) is 0 Å². The number of carbonyl (C=O) groups is 1. The fourth-order valence-corrected chi connectivity index (χ4v) is 5.01. The molecule has 0 radical (unpaired) electrons. The topological polar surface area (TPSA) is 104 Å². The van der Waals surface area contributed by atoms with Gasteiger partial charge in [0.2, 0.25) is 0 Å². The Kier molecular flexibility index (Phi) is 3.53. The number of ether oxygens (including phenoxy) is 1. The molecule has 0 aromatic heterocycles. The van der Waals surface area contributed by atoms with E-state index in [1.54, 1.807) is 18.2 Å². The first-order valence-electron chi connectivity index (χ1n) is 6.23. The average Bonchev–Trinajstić information content (AvgIpc) is 2.56. The Bertz CT molecular complexity index is 686. The highest BCUT2D eigenvalue weighted by atomic mass is 32.2. The van der Waals surface area contributed by atoms with Crippen LogP contribution in [0.5, 0.6) is 0 Å². The van der Waals surface area contributed by atoms with E-state index >= 15 is 0 Å². The van der Waals surface area contributed by atoms with Crippen LogP contribution in [0, 0.1) is 10.1 Å². The summed E-state index contributed by atoms with van der Waals surface area (Å²) < 4.78 is 28.8. The van der Waals surface area contributed by atoms with Crippen LogP contribution in [0.25, 0.3) is 0 Å². The van der Waals surface area contributed by atoms with E-state index in [0.717, 1.165) is 0 Å². The second-order valence-electron chi connectivity index (χ2n) is 5.55. The van der Waals surface area contributed by atoms with Crippen molar-refractivity contribution in [3.8, 4) is 0 Å². The van der Waals surface area contributed by atoms with Crippen LogP contribution in [0.3, 0.4) is 0 Å². The smallest absolute Gasteiger partial charge is 0.338 e. The molecule has 0 aliphatic carbocycles. The van der Waals surface area contributed by atoms with Crippen LogP contribution in [0.1, 0.15) is 24.2 Å². The lowest BCUT2D eigenvalue weighted by Gasteiger charge is -2.31. The molecule has 2 atom stereocenters. The molecule has 8 heteroatoms. The molecule has 1 aliphatic heterocycles. The number of sulfone groups is 1. The molecular formula is C13H15NO6S. The Morgan fingerprint density at radius 2 is 1.81 bits per heavy atom. The fraction of sp³-hybridized carbons (Fsp3) is 0.462. The molecule has 0 amide bonds. The van der Waals surface area contributed by atoms with Gasteiger partial charge in [0.05, 0.1) is 11.3 Å². The van der Waals surface area contributed by atoms with E-state index in [-0.39, 0.29) is 5.56 Å². The van der Waals surface area contributed by atoms with Crippen molar-refractivity contribution in [2.45, 2.75) is 25.0 Å². The van der Waals surface area contributed by atoms with Crippen LogP contribution >= 0.6 is 0 Å². The van der Waals surface area contributed by atoms with Gasteiger partial charge >= 0.3 is 5.97 Å². The minimum Gasteiger partial charge on any atom is -0.447 e. The van der Waals surface area contributed by atoms with E-state index in [2.05, 4.69) is 0 Å². The van der Waals surface area contributed by atoms with Gasteiger partial charge < -0.3 is 4.74 Å². The van der Waals surface area contributed by atoms with Gasteiger partial charge in [-0.25, -0.2) is 13.2 Å². The summed E-state index contributed by atoms with van der Waals surface area (Å²) in [6, 6.07) is 7.95. The molecule has 1 aliphatic rings. The molecule has 114 valence electrons. The van der Waals surface area contributed by atoms with E-state index in [0.29, 0.717) is 0 Å². The SMILES string of the molecule is C[C@@]1(OC(=O)c2ccccc2)CS(=O)(=O)C[C@@]1(C)[N+](=O)[O-]. The molecule has 1 saturated heterocycles. The minimum atomic E-state index is -3.65. The van der Waals surface area contributed by atoms with Gasteiger partial charge in [0.15, 0.2) is 15.4 Å². The van der Waals surface area contributed by atoms with Gasteiger partial charge in [0.25, 0.3) is 5.54 Å². The highest BCUT2D eigenvalue weighted by molar-refractivity contribution is 7.91. The van der Waals surface area contributed by atoms with Crippen molar-refractivity contribution >= 4 is 15.8 Å². The first kappa shape index (κ1) is 15.4. The van der Waals surface area contributed by atoms with Crippen molar-refractivity contribution in [3.63, 3.8) is 0 Å². The molecule has 7 nitrogen and oxygen atoms in total. The average molecular weight is 313 g/mol. The van der Waals surface area contributed by atoms with E-state index in [1.807, 2.05) is 0 Å². The van der Waals surface area contributed by atoms with Gasteiger partial charge in [-0.05, 0) is 19.1 Å². The molecule has 1 heterocycles. The molecule has 0 spiro atoms. The molecule has 1 fully saturated rings. The predicted molar refractivity (Wildman–Crippen MR) is 74.3 cm³/mol. The van der Waals surface area contributed by atoms with Gasteiger partial charge in [0.1, 0.15) is 5.75 Å². The Morgan fingerprint density at radius 1 is 1.24 bits per heavy atom. The van der Waals surface area contributed by atoms with Crippen molar-refractivity contribution < 1.29 is 22.9 Å². The zero-order valence-corrected chi connectivity index (χ0v) is 12.4. The van der Waals surface area contributed by atoms with Crippen LogP contribution in [0.2, 0.25) is 0 Å². The zero-order valence-electron chi connectivity index (χ0n) is 11.6.